The molecule has 0 saturated carbocycles. The average Bonchev–Trinajstić information content (AvgIpc) is 2.32. The van der Waals surface area contributed by atoms with E-state index in [-0.39, 0.29) is 0 Å². The zero-order chi connectivity index (χ0) is 13.3. The Hall–Kier alpha value is -2.20. The van der Waals surface area contributed by atoms with Crippen molar-refractivity contribution in [1.82, 2.24) is 0 Å². The second kappa shape index (κ2) is 8.01. The Kier molecular flexibility index (Phi) is 6.97. The van der Waals surface area contributed by atoms with Gasteiger partial charge in [-0.3, -0.25) is 0 Å². The average molecular weight is 226 g/mol. The first-order chi connectivity index (χ1) is 8.01. The molecule has 17 heavy (non-hydrogen) atoms. The molecule has 88 valence electrons. The van der Waals surface area contributed by atoms with Crippen LogP contribution in [0.1, 0.15) is 6.92 Å². The highest BCUT2D eigenvalue weighted by atomic mass is 16.5. The van der Waals surface area contributed by atoms with E-state index >= 15 is 0 Å². The van der Waals surface area contributed by atoms with Crippen molar-refractivity contribution in [3.63, 3.8) is 0 Å². The molecule has 0 aromatic rings. The lowest BCUT2D eigenvalue weighted by atomic mass is 10.1. The summed E-state index contributed by atoms with van der Waals surface area (Å²) in [6.45, 7) is 16.9. The van der Waals surface area contributed by atoms with Gasteiger partial charge in [0.2, 0.25) is 0 Å². The third-order valence-corrected chi connectivity index (χ3v) is 1.95. The first-order valence-electron chi connectivity index (χ1n) is 5.11. The first-order valence-corrected chi connectivity index (χ1v) is 5.11. The van der Waals surface area contributed by atoms with E-state index in [1.807, 2.05) is 13.0 Å². The van der Waals surface area contributed by atoms with E-state index in [1.165, 1.54) is 0 Å². The van der Waals surface area contributed by atoms with Crippen LogP contribution in [0.4, 0.5) is 0 Å². The Labute approximate surface area is 104 Å². The third-order valence-electron chi connectivity index (χ3n) is 1.95. The molecule has 0 saturated heterocycles. The van der Waals surface area contributed by atoms with E-state index in [0.717, 1.165) is 11.1 Å². The predicted molar refractivity (Wildman–Crippen MR) is 75.3 cm³/mol. The van der Waals surface area contributed by atoms with Gasteiger partial charge in [-0.15, -0.1) is 0 Å². The Morgan fingerprint density at radius 1 is 1.12 bits per heavy atom. The normalized spacial score (nSPS) is 10.4. The van der Waals surface area contributed by atoms with Gasteiger partial charge < -0.3 is 4.74 Å². The van der Waals surface area contributed by atoms with Crippen molar-refractivity contribution in [2.45, 2.75) is 6.92 Å². The molecule has 0 aliphatic carbocycles. The Morgan fingerprint density at radius 3 is 2.29 bits per heavy atom. The molecule has 0 fully saturated rings. The second-order valence-electron chi connectivity index (χ2n) is 3.34. The summed E-state index contributed by atoms with van der Waals surface area (Å²) in [5, 5.41) is 0. The summed E-state index contributed by atoms with van der Waals surface area (Å²) in [5.74, 6) is 6.39. The van der Waals surface area contributed by atoms with Gasteiger partial charge in [-0.1, -0.05) is 50.3 Å². The summed E-state index contributed by atoms with van der Waals surface area (Å²) in [5.41, 5.74) is 2.42. The monoisotopic (exact) mass is 226 g/mol. The Morgan fingerprint density at radius 2 is 1.76 bits per heavy atom. The van der Waals surface area contributed by atoms with E-state index in [0.29, 0.717) is 11.3 Å². The van der Waals surface area contributed by atoms with Crippen molar-refractivity contribution in [3.05, 3.63) is 73.1 Å². The summed E-state index contributed by atoms with van der Waals surface area (Å²) in [4.78, 5) is 0. The van der Waals surface area contributed by atoms with Crippen molar-refractivity contribution in [2.75, 3.05) is 7.11 Å². The fourth-order valence-electron chi connectivity index (χ4n) is 0.835. The highest BCUT2D eigenvalue weighted by Crippen LogP contribution is 2.05. The lowest BCUT2D eigenvalue weighted by Gasteiger charge is -1.95. The van der Waals surface area contributed by atoms with Crippen molar-refractivity contribution < 1.29 is 4.74 Å². The molecule has 0 spiro atoms. The molecule has 0 radical (unpaired) electrons. The lowest BCUT2D eigenvalue weighted by molar-refractivity contribution is 0.309. The zero-order valence-electron chi connectivity index (χ0n) is 10.5. The molecule has 1 heteroatoms. The standard InChI is InChI=1S/C16H18O/c1-7-8-14(3)15(4)11-9-13(2)10-12-16(5)17-6/h7-8,10,12H,1-2,4-5H2,3,6H3/b12-10-,14-8-. The SMILES string of the molecule is C=C/C=C(/C)C(=C)C#CC(=C)/C=C\C(=C)OC. The largest absolute Gasteiger partial charge is 0.497 e. The maximum Gasteiger partial charge on any atom is 0.111 e. The highest BCUT2D eigenvalue weighted by molar-refractivity contribution is 5.49. The summed E-state index contributed by atoms with van der Waals surface area (Å²) < 4.78 is 4.89. The second-order valence-corrected chi connectivity index (χ2v) is 3.34. The topological polar surface area (TPSA) is 9.23 Å². The molecule has 0 rings (SSSR count). The number of methoxy groups -OCH3 is 1. The van der Waals surface area contributed by atoms with Gasteiger partial charge in [-0.25, -0.2) is 0 Å². The van der Waals surface area contributed by atoms with Gasteiger partial charge >= 0.3 is 0 Å². The van der Waals surface area contributed by atoms with Crippen LogP contribution in [0.3, 0.4) is 0 Å². The fraction of sp³-hybridized carbons (Fsp3) is 0.125. The Balaban J connectivity index is 4.56. The summed E-state index contributed by atoms with van der Waals surface area (Å²) in [6.07, 6.45) is 7.03. The van der Waals surface area contributed by atoms with Gasteiger partial charge in [0.25, 0.3) is 0 Å². The molecule has 0 N–H and O–H groups in total. The van der Waals surface area contributed by atoms with E-state index < -0.39 is 0 Å². The molecule has 0 amide bonds. The van der Waals surface area contributed by atoms with Crippen LogP contribution >= 0.6 is 0 Å². The number of rotatable bonds is 5. The van der Waals surface area contributed by atoms with Crippen LogP contribution in [-0.4, -0.2) is 7.11 Å². The minimum absolute atomic E-state index is 0.564. The Bertz CT molecular complexity index is 448. The van der Waals surface area contributed by atoms with Crippen LogP contribution in [0.15, 0.2) is 73.1 Å². The number of hydrogen-bond donors (Lipinski definition) is 0. The van der Waals surface area contributed by atoms with Crippen LogP contribution in [0, 0.1) is 11.8 Å². The molecule has 0 unspecified atom stereocenters. The van der Waals surface area contributed by atoms with E-state index in [2.05, 4.69) is 38.2 Å². The molecule has 1 nitrogen and oxygen atoms in total. The molecule has 0 bridgehead atoms. The molecular weight excluding hydrogens is 208 g/mol. The van der Waals surface area contributed by atoms with Gasteiger partial charge in [0.15, 0.2) is 0 Å². The van der Waals surface area contributed by atoms with Crippen LogP contribution in [0.2, 0.25) is 0 Å². The lowest BCUT2D eigenvalue weighted by Crippen LogP contribution is -1.80. The fourth-order valence-corrected chi connectivity index (χ4v) is 0.835. The van der Waals surface area contributed by atoms with E-state index in [4.69, 9.17) is 4.74 Å². The quantitative estimate of drug-likeness (QED) is 0.392. The number of ether oxygens (including phenoxy) is 1. The minimum Gasteiger partial charge on any atom is -0.497 e. The van der Waals surface area contributed by atoms with Gasteiger partial charge in [0.05, 0.1) is 7.11 Å². The summed E-state index contributed by atoms with van der Waals surface area (Å²) >= 11 is 0. The summed E-state index contributed by atoms with van der Waals surface area (Å²) in [6, 6.07) is 0. The van der Waals surface area contributed by atoms with Crippen molar-refractivity contribution in [2.24, 2.45) is 0 Å². The molecule has 0 aromatic heterocycles. The summed E-state index contributed by atoms with van der Waals surface area (Å²) in [7, 11) is 1.56. The molecule has 0 atom stereocenters. The maximum absolute atomic E-state index is 4.89. The van der Waals surface area contributed by atoms with Gasteiger partial charge in [0, 0.05) is 11.1 Å². The molecule has 0 heterocycles. The van der Waals surface area contributed by atoms with Crippen LogP contribution < -0.4 is 0 Å². The highest BCUT2D eigenvalue weighted by Gasteiger charge is 1.90. The van der Waals surface area contributed by atoms with Gasteiger partial charge in [0.1, 0.15) is 5.76 Å². The first kappa shape index (κ1) is 14.8. The smallest absolute Gasteiger partial charge is 0.111 e. The van der Waals surface area contributed by atoms with E-state index in [9.17, 15) is 0 Å². The molecule has 0 aliphatic rings. The minimum atomic E-state index is 0.564. The zero-order valence-corrected chi connectivity index (χ0v) is 10.5. The van der Waals surface area contributed by atoms with Crippen molar-refractivity contribution in [1.29, 1.82) is 0 Å². The maximum atomic E-state index is 4.89. The van der Waals surface area contributed by atoms with Gasteiger partial charge in [-0.2, -0.15) is 0 Å². The van der Waals surface area contributed by atoms with E-state index in [1.54, 1.807) is 25.3 Å². The number of allylic oxidation sites excluding steroid dienone is 7. The molecular formula is C16H18O. The van der Waals surface area contributed by atoms with Crippen LogP contribution in [-0.2, 0) is 4.74 Å². The predicted octanol–water partition coefficient (Wildman–Crippen LogP) is 3.95. The van der Waals surface area contributed by atoms with Gasteiger partial charge in [-0.05, 0) is 24.6 Å². The number of hydrogen-bond acceptors (Lipinski definition) is 1. The molecule has 0 aromatic carbocycles. The van der Waals surface area contributed by atoms with Crippen molar-refractivity contribution >= 4 is 0 Å². The van der Waals surface area contributed by atoms with Crippen molar-refractivity contribution in [3.8, 4) is 11.8 Å². The third kappa shape index (κ3) is 6.81. The van der Waals surface area contributed by atoms with Crippen LogP contribution in [0.5, 0.6) is 0 Å². The van der Waals surface area contributed by atoms with Crippen LogP contribution in [0.25, 0.3) is 0 Å². The molecule has 0 aliphatic heterocycles.